The molecule has 1 heterocycles. The van der Waals surface area contributed by atoms with Crippen molar-refractivity contribution in [2.45, 2.75) is 51.7 Å². The van der Waals surface area contributed by atoms with Crippen molar-refractivity contribution in [1.29, 1.82) is 0 Å². The normalized spacial score (nSPS) is 12.6. The minimum absolute atomic E-state index is 0.0273. The van der Waals surface area contributed by atoms with Crippen LogP contribution in [-0.4, -0.2) is 23.2 Å². The molecule has 1 aromatic rings. The van der Waals surface area contributed by atoms with Crippen molar-refractivity contribution in [2.75, 3.05) is 0 Å². The summed E-state index contributed by atoms with van der Waals surface area (Å²) in [6.07, 6.45) is 1.65. The van der Waals surface area contributed by atoms with Crippen molar-refractivity contribution in [3.8, 4) is 0 Å². The van der Waals surface area contributed by atoms with Gasteiger partial charge in [-0.2, -0.15) is 0 Å². The van der Waals surface area contributed by atoms with E-state index in [2.05, 4.69) is 24.0 Å². The van der Waals surface area contributed by atoms with Crippen LogP contribution >= 0.6 is 0 Å². The van der Waals surface area contributed by atoms with Crippen LogP contribution in [0.15, 0.2) is 5.16 Å². The van der Waals surface area contributed by atoms with Crippen LogP contribution in [0.25, 0.3) is 0 Å². The zero-order valence-electron chi connectivity index (χ0n) is 10.7. The summed E-state index contributed by atoms with van der Waals surface area (Å²) < 4.78 is 24.3. The molecule has 1 aromatic heterocycles. The van der Waals surface area contributed by atoms with Crippen LogP contribution in [0.3, 0.4) is 0 Å². The smallest absolute Gasteiger partial charge is 0.273 e. The van der Waals surface area contributed by atoms with E-state index in [1.54, 1.807) is 4.57 Å². The Morgan fingerprint density at radius 3 is 2.24 bits per heavy atom. The van der Waals surface area contributed by atoms with Gasteiger partial charge in [0.25, 0.3) is 15.2 Å². The third-order valence-corrected chi connectivity index (χ3v) is 3.24. The molecule has 0 aliphatic carbocycles. The van der Waals surface area contributed by atoms with Gasteiger partial charge >= 0.3 is 0 Å². The standard InChI is InChI=1S/C10H20N4O2S/c1-7(2)5-6-9-12-13-10(17(11,15)16)14(9)8(3)4/h7-8H,5-6H2,1-4H3,(H2,11,15,16). The fourth-order valence-corrected chi connectivity index (χ4v) is 2.35. The maximum Gasteiger partial charge on any atom is 0.273 e. The number of rotatable bonds is 5. The molecule has 0 spiro atoms. The van der Waals surface area contributed by atoms with Crippen LogP contribution in [0, 0.1) is 5.92 Å². The molecule has 0 amide bonds. The first-order chi connectivity index (χ1) is 7.73. The fraction of sp³-hybridized carbons (Fsp3) is 0.800. The lowest BCUT2D eigenvalue weighted by molar-refractivity contribution is 0.488. The van der Waals surface area contributed by atoms with Crippen molar-refractivity contribution in [2.24, 2.45) is 11.1 Å². The third-order valence-electron chi connectivity index (χ3n) is 2.45. The SMILES string of the molecule is CC(C)CCc1nnc(S(N)(=O)=O)n1C(C)C. The van der Waals surface area contributed by atoms with Gasteiger partial charge in [0.2, 0.25) is 0 Å². The van der Waals surface area contributed by atoms with Gasteiger partial charge in [0.05, 0.1) is 0 Å². The Hall–Kier alpha value is -0.950. The Labute approximate surface area is 102 Å². The molecular weight excluding hydrogens is 240 g/mol. The van der Waals surface area contributed by atoms with Crippen molar-refractivity contribution in [3.63, 3.8) is 0 Å². The zero-order valence-corrected chi connectivity index (χ0v) is 11.5. The number of hydrogen-bond donors (Lipinski definition) is 1. The van der Waals surface area contributed by atoms with Gasteiger partial charge in [-0.25, -0.2) is 13.6 Å². The van der Waals surface area contributed by atoms with Crippen LogP contribution in [0.5, 0.6) is 0 Å². The number of nitrogens with two attached hydrogens (primary N) is 1. The summed E-state index contributed by atoms with van der Waals surface area (Å²) in [5.74, 6) is 1.21. The van der Waals surface area contributed by atoms with Crippen molar-refractivity contribution < 1.29 is 8.42 Å². The highest BCUT2D eigenvalue weighted by Gasteiger charge is 2.22. The average Bonchev–Trinajstić information content (AvgIpc) is 2.57. The van der Waals surface area contributed by atoms with Crippen LogP contribution in [-0.2, 0) is 16.4 Å². The monoisotopic (exact) mass is 260 g/mol. The van der Waals surface area contributed by atoms with Gasteiger partial charge in [-0.1, -0.05) is 13.8 Å². The summed E-state index contributed by atoms with van der Waals surface area (Å²) in [4.78, 5) is 0. The van der Waals surface area contributed by atoms with E-state index in [4.69, 9.17) is 5.14 Å². The average molecular weight is 260 g/mol. The molecule has 0 fully saturated rings. The quantitative estimate of drug-likeness (QED) is 0.858. The van der Waals surface area contributed by atoms with Crippen LogP contribution in [0.4, 0.5) is 0 Å². The van der Waals surface area contributed by atoms with E-state index >= 15 is 0 Å². The third kappa shape index (κ3) is 3.50. The molecule has 0 aromatic carbocycles. The lowest BCUT2D eigenvalue weighted by Gasteiger charge is -2.13. The van der Waals surface area contributed by atoms with E-state index in [9.17, 15) is 8.42 Å². The molecule has 6 nitrogen and oxygen atoms in total. The fourth-order valence-electron chi connectivity index (χ4n) is 1.61. The highest BCUT2D eigenvalue weighted by molar-refractivity contribution is 7.89. The topological polar surface area (TPSA) is 90.9 Å². The van der Waals surface area contributed by atoms with Crippen molar-refractivity contribution in [3.05, 3.63) is 5.82 Å². The zero-order chi connectivity index (χ0) is 13.2. The van der Waals surface area contributed by atoms with Crippen LogP contribution < -0.4 is 5.14 Å². The number of primary sulfonamides is 1. The van der Waals surface area contributed by atoms with Gasteiger partial charge in [0, 0.05) is 12.5 Å². The van der Waals surface area contributed by atoms with Gasteiger partial charge in [-0.05, 0) is 26.2 Å². The first-order valence-corrected chi connectivity index (χ1v) is 7.24. The second-order valence-corrected chi connectivity index (χ2v) is 6.30. The Morgan fingerprint density at radius 1 is 1.24 bits per heavy atom. The molecule has 1 rings (SSSR count). The van der Waals surface area contributed by atoms with Gasteiger partial charge in [-0.15, -0.1) is 10.2 Å². The van der Waals surface area contributed by atoms with E-state index in [-0.39, 0.29) is 11.2 Å². The Balaban J connectivity index is 3.12. The molecule has 0 radical (unpaired) electrons. The minimum Gasteiger partial charge on any atom is -0.298 e. The van der Waals surface area contributed by atoms with E-state index in [0.29, 0.717) is 18.2 Å². The number of hydrogen-bond acceptors (Lipinski definition) is 4. The Bertz CT molecular complexity index is 476. The predicted molar refractivity (Wildman–Crippen MR) is 64.9 cm³/mol. The lowest BCUT2D eigenvalue weighted by atomic mass is 10.1. The van der Waals surface area contributed by atoms with E-state index in [0.717, 1.165) is 6.42 Å². The minimum atomic E-state index is -3.81. The summed E-state index contributed by atoms with van der Waals surface area (Å²) in [6.45, 7) is 7.99. The molecule has 0 saturated heterocycles. The Kier molecular flexibility index (Phi) is 4.26. The molecule has 98 valence electrons. The largest absolute Gasteiger partial charge is 0.298 e. The number of sulfonamides is 1. The number of nitrogens with zero attached hydrogens (tertiary/aromatic N) is 3. The first kappa shape index (κ1) is 14.1. The highest BCUT2D eigenvalue weighted by atomic mass is 32.2. The summed E-state index contributed by atoms with van der Waals surface area (Å²) in [6, 6.07) is -0.0273. The maximum atomic E-state index is 11.4. The van der Waals surface area contributed by atoms with Crippen molar-refractivity contribution >= 4 is 10.0 Å². The molecular formula is C10H20N4O2S. The molecule has 0 saturated carbocycles. The van der Waals surface area contributed by atoms with Gasteiger partial charge in [0.1, 0.15) is 5.82 Å². The molecule has 0 unspecified atom stereocenters. The maximum absolute atomic E-state index is 11.4. The molecule has 2 N–H and O–H groups in total. The van der Waals surface area contributed by atoms with Crippen molar-refractivity contribution in [1.82, 2.24) is 14.8 Å². The second kappa shape index (κ2) is 5.14. The van der Waals surface area contributed by atoms with Gasteiger partial charge < -0.3 is 0 Å². The predicted octanol–water partition coefficient (Wildman–Crippen LogP) is 1.09. The summed E-state index contributed by atoms with van der Waals surface area (Å²) in [7, 11) is -3.81. The highest BCUT2D eigenvalue weighted by Crippen LogP contribution is 2.17. The van der Waals surface area contributed by atoms with Gasteiger partial charge in [0.15, 0.2) is 0 Å². The first-order valence-electron chi connectivity index (χ1n) is 5.70. The lowest BCUT2D eigenvalue weighted by Crippen LogP contribution is -2.20. The Morgan fingerprint density at radius 2 is 1.82 bits per heavy atom. The molecule has 17 heavy (non-hydrogen) atoms. The molecule has 7 heteroatoms. The van der Waals surface area contributed by atoms with E-state index in [1.165, 1.54) is 0 Å². The molecule has 0 aliphatic rings. The summed E-state index contributed by atoms with van der Waals surface area (Å²) >= 11 is 0. The van der Waals surface area contributed by atoms with Crippen LogP contribution in [0.1, 0.15) is 46.0 Å². The summed E-state index contributed by atoms with van der Waals surface area (Å²) in [5, 5.41) is 12.6. The van der Waals surface area contributed by atoms with E-state index < -0.39 is 10.0 Å². The molecule has 0 atom stereocenters. The number of aromatic nitrogens is 3. The molecule has 0 aliphatic heterocycles. The molecule has 0 bridgehead atoms. The van der Waals surface area contributed by atoms with Crippen LogP contribution in [0.2, 0.25) is 0 Å². The number of aryl methyl sites for hydroxylation is 1. The second-order valence-electron chi connectivity index (χ2n) is 4.84. The van der Waals surface area contributed by atoms with Gasteiger partial charge in [-0.3, -0.25) is 4.57 Å². The summed E-state index contributed by atoms with van der Waals surface area (Å²) in [5.41, 5.74) is 0. The van der Waals surface area contributed by atoms with E-state index in [1.807, 2.05) is 13.8 Å².